The van der Waals surface area contributed by atoms with Crippen molar-refractivity contribution in [1.82, 2.24) is 20.1 Å². The van der Waals surface area contributed by atoms with Crippen molar-refractivity contribution in [3.63, 3.8) is 0 Å². The van der Waals surface area contributed by atoms with Gasteiger partial charge in [-0.1, -0.05) is 12.5 Å². The van der Waals surface area contributed by atoms with Crippen LogP contribution in [0.2, 0.25) is 0 Å². The molecule has 0 saturated carbocycles. The molecule has 2 N–H and O–H groups in total. The summed E-state index contributed by atoms with van der Waals surface area (Å²) in [7, 11) is 0. The number of aromatic nitrogens is 1. The van der Waals surface area contributed by atoms with Gasteiger partial charge in [0.1, 0.15) is 29.5 Å². The van der Waals surface area contributed by atoms with Crippen molar-refractivity contribution >= 4 is 52.6 Å². The lowest BCUT2D eigenvalue weighted by atomic mass is 9.83. The van der Waals surface area contributed by atoms with Crippen molar-refractivity contribution in [2.75, 3.05) is 32.7 Å². The molecule has 7 rings (SSSR count). The number of nitrogens with one attached hydrogen (secondary N) is 2. The Hall–Kier alpha value is -2.78. The number of likely N-dealkylation sites (tertiary alicyclic amines) is 1. The van der Waals surface area contributed by atoms with Gasteiger partial charge >= 0.3 is 0 Å². The molecule has 2 aromatic carbocycles. The maximum Gasteiger partial charge on any atom is 0.267 e. The van der Waals surface area contributed by atoms with Gasteiger partial charge in [-0.3, -0.25) is 4.79 Å². The van der Waals surface area contributed by atoms with Gasteiger partial charge in [-0.15, -0.1) is 24.8 Å². The normalized spacial score (nSPS) is 21.6. The van der Waals surface area contributed by atoms with Crippen molar-refractivity contribution in [2.24, 2.45) is 5.92 Å². The van der Waals surface area contributed by atoms with E-state index in [-0.39, 0.29) is 49.2 Å². The number of benzene rings is 2. The van der Waals surface area contributed by atoms with E-state index in [1.165, 1.54) is 63.9 Å². The number of carbonyl (C=O) groups is 1. The van der Waals surface area contributed by atoms with E-state index in [1.54, 1.807) is 12.3 Å². The molecule has 3 fully saturated rings. The monoisotopic (exact) mass is 630 g/mol. The summed E-state index contributed by atoms with van der Waals surface area (Å²) >= 11 is 0. The van der Waals surface area contributed by atoms with Gasteiger partial charge < -0.3 is 29.3 Å². The maximum absolute atomic E-state index is 13.5. The lowest BCUT2D eigenvalue weighted by Crippen LogP contribution is -2.52. The predicted octanol–water partition coefficient (Wildman–Crippen LogP) is 6.93. The number of piperidine rings is 3. The minimum absolute atomic E-state index is 0. The van der Waals surface area contributed by atoms with E-state index in [0.29, 0.717) is 17.0 Å². The molecule has 3 aliphatic rings. The Labute approximate surface area is 264 Å². The van der Waals surface area contributed by atoms with Crippen LogP contribution in [0.25, 0.3) is 21.9 Å². The van der Waals surface area contributed by atoms with Crippen molar-refractivity contribution in [1.29, 1.82) is 0 Å². The lowest BCUT2D eigenvalue weighted by molar-refractivity contribution is 0.0351. The molecule has 43 heavy (non-hydrogen) atoms. The largest absolute Gasteiger partial charge is 0.488 e. The van der Waals surface area contributed by atoms with E-state index < -0.39 is 0 Å². The number of amides is 1. The zero-order valence-corrected chi connectivity index (χ0v) is 26.0. The minimum Gasteiger partial charge on any atom is -0.488 e. The number of hydrogen-bond acceptors (Lipinski definition) is 5. The van der Waals surface area contributed by atoms with Crippen LogP contribution in [-0.2, 0) is 6.61 Å². The number of furan rings is 1. The van der Waals surface area contributed by atoms with E-state index in [4.69, 9.17) is 9.15 Å². The molecule has 0 spiro atoms. The number of ether oxygens (including phenoxy) is 1. The van der Waals surface area contributed by atoms with Crippen LogP contribution in [0.1, 0.15) is 61.0 Å². The number of halogens is 3. The highest BCUT2D eigenvalue weighted by Gasteiger charge is 2.34. The van der Waals surface area contributed by atoms with Crippen LogP contribution in [0, 0.1) is 11.7 Å². The van der Waals surface area contributed by atoms with Crippen LogP contribution in [0.15, 0.2) is 53.1 Å². The SMILES string of the molecule is Cl.Cl.O=C(NC1CCN(C[C@@H]2CCCN3CCCC[C@H]23)CC1)c1cc2c(OCc3coc4cc(F)ccc34)cccc2[nH]1. The zero-order valence-electron chi connectivity index (χ0n) is 24.4. The van der Waals surface area contributed by atoms with Gasteiger partial charge in [-0.2, -0.15) is 0 Å². The molecule has 5 heterocycles. The fraction of sp³-hybridized carbons (Fsp3) is 0.485. The number of hydrogen-bond donors (Lipinski definition) is 2. The maximum atomic E-state index is 13.5. The summed E-state index contributed by atoms with van der Waals surface area (Å²) in [6.45, 7) is 6.17. The third-order valence-electron chi connectivity index (χ3n) is 9.51. The molecule has 0 radical (unpaired) electrons. The standard InChI is InChI=1S/C33H39FN4O3.2ClH/c34-24-9-10-26-23(21-41-32(26)17-24)20-40-31-8-3-6-28-27(31)18-29(36-28)33(39)35-25-11-15-37(16-12-25)19-22-5-4-14-38-13-2-1-7-30(22)38;;/h3,6,8-10,17-18,21-22,25,30,36H,1-2,4-5,7,11-16,19-20H2,(H,35,39);2*1H/t22-,30+;;/m0../s1. The molecule has 3 aliphatic heterocycles. The quantitative estimate of drug-likeness (QED) is 0.231. The second-order valence-corrected chi connectivity index (χ2v) is 12.1. The van der Waals surface area contributed by atoms with E-state index in [1.807, 2.05) is 24.3 Å². The average Bonchev–Trinajstić information content (AvgIpc) is 3.62. The van der Waals surface area contributed by atoms with Crippen molar-refractivity contribution in [2.45, 2.75) is 63.6 Å². The highest BCUT2D eigenvalue weighted by molar-refractivity contribution is 5.99. The molecule has 0 unspecified atom stereocenters. The molecule has 4 aromatic rings. The Morgan fingerprint density at radius 3 is 2.67 bits per heavy atom. The van der Waals surface area contributed by atoms with Gasteiger partial charge in [-0.05, 0) is 87.9 Å². The van der Waals surface area contributed by atoms with E-state index in [2.05, 4.69) is 20.1 Å². The first-order valence-corrected chi connectivity index (χ1v) is 15.3. The van der Waals surface area contributed by atoms with Crippen LogP contribution < -0.4 is 10.1 Å². The number of rotatable bonds is 7. The summed E-state index contributed by atoms with van der Waals surface area (Å²) in [6.07, 6.45) is 10.4. The number of H-pyrrole nitrogens is 1. The summed E-state index contributed by atoms with van der Waals surface area (Å²) in [6, 6.07) is 13.1. The van der Waals surface area contributed by atoms with E-state index in [9.17, 15) is 9.18 Å². The third-order valence-corrected chi connectivity index (χ3v) is 9.51. The number of carbonyl (C=O) groups excluding carboxylic acids is 1. The first kappa shape index (κ1) is 31.6. The van der Waals surface area contributed by atoms with Gasteiger partial charge in [0.05, 0.1) is 6.26 Å². The Morgan fingerprint density at radius 2 is 1.81 bits per heavy atom. The Balaban J connectivity index is 0.00000184. The summed E-state index contributed by atoms with van der Waals surface area (Å²) in [5, 5.41) is 4.96. The summed E-state index contributed by atoms with van der Waals surface area (Å²) in [4.78, 5) is 21.9. The Kier molecular flexibility index (Phi) is 10.2. The second kappa shape index (κ2) is 13.9. The van der Waals surface area contributed by atoms with Gasteiger partial charge in [0.25, 0.3) is 5.91 Å². The minimum atomic E-state index is -0.331. The van der Waals surface area contributed by atoms with Crippen LogP contribution in [-0.4, -0.2) is 65.5 Å². The van der Waals surface area contributed by atoms with Gasteiger partial charge in [0.2, 0.25) is 0 Å². The molecular weight excluding hydrogens is 590 g/mol. The van der Waals surface area contributed by atoms with E-state index >= 15 is 0 Å². The topological polar surface area (TPSA) is 73.7 Å². The molecule has 7 nitrogen and oxygen atoms in total. The molecule has 3 saturated heterocycles. The van der Waals surface area contributed by atoms with Crippen LogP contribution in [0.3, 0.4) is 0 Å². The fourth-order valence-electron chi connectivity index (χ4n) is 7.34. The average molecular weight is 632 g/mol. The van der Waals surface area contributed by atoms with Crippen LogP contribution in [0.4, 0.5) is 4.39 Å². The molecule has 232 valence electrons. The predicted molar refractivity (Wildman–Crippen MR) is 172 cm³/mol. The number of nitrogens with zero attached hydrogens (tertiary/aromatic N) is 2. The van der Waals surface area contributed by atoms with Crippen molar-refractivity contribution in [3.8, 4) is 5.75 Å². The molecule has 2 aromatic heterocycles. The summed E-state index contributed by atoms with van der Waals surface area (Å²) in [5.41, 5.74) is 2.74. The first-order chi connectivity index (χ1) is 20.1. The molecule has 0 bridgehead atoms. The Morgan fingerprint density at radius 1 is 0.977 bits per heavy atom. The highest BCUT2D eigenvalue weighted by atomic mass is 35.5. The summed E-state index contributed by atoms with van der Waals surface area (Å²) in [5.74, 6) is 1.08. The molecule has 0 aliphatic carbocycles. The summed E-state index contributed by atoms with van der Waals surface area (Å²) < 4.78 is 25.1. The zero-order chi connectivity index (χ0) is 27.8. The second-order valence-electron chi connectivity index (χ2n) is 12.1. The van der Waals surface area contributed by atoms with Gasteiger partial charge in [-0.25, -0.2) is 4.39 Å². The molecule has 1 amide bonds. The molecule has 2 atom stereocenters. The number of fused-ring (bicyclic) bond motifs is 3. The smallest absolute Gasteiger partial charge is 0.267 e. The number of aromatic amines is 1. The first-order valence-electron chi connectivity index (χ1n) is 15.3. The van der Waals surface area contributed by atoms with Crippen molar-refractivity contribution < 1.29 is 18.3 Å². The Bertz CT molecular complexity index is 1530. The van der Waals surface area contributed by atoms with E-state index in [0.717, 1.165) is 59.7 Å². The van der Waals surface area contributed by atoms with Gasteiger partial charge in [0.15, 0.2) is 0 Å². The van der Waals surface area contributed by atoms with Crippen molar-refractivity contribution in [3.05, 3.63) is 65.8 Å². The fourth-order valence-corrected chi connectivity index (χ4v) is 7.34. The van der Waals surface area contributed by atoms with Crippen LogP contribution in [0.5, 0.6) is 5.75 Å². The highest BCUT2D eigenvalue weighted by Crippen LogP contribution is 2.32. The van der Waals surface area contributed by atoms with Gasteiger partial charge in [0, 0.05) is 59.6 Å². The molecular formula is C33H41Cl2FN4O3. The molecule has 10 heteroatoms. The lowest BCUT2D eigenvalue weighted by Gasteiger charge is -2.46. The third kappa shape index (κ3) is 6.83. The van der Waals surface area contributed by atoms with Crippen LogP contribution >= 0.6 is 24.8 Å².